The molecule has 0 saturated heterocycles. The van der Waals surface area contributed by atoms with Crippen molar-refractivity contribution in [2.75, 3.05) is 6.54 Å². The maximum absolute atomic E-state index is 12.0. The van der Waals surface area contributed by atoms with E-state index in [1.54, 1.807) is 30.5 Å². The quantitative estimate of drug-likeness (QED) is 0.747. The second-order valence-corrected chi connectivity index (χ2v) is 6.47. The first-order valence-corrected chi connectivity index (χ1v) is 8.58. The number of benzene rings is 1. The van der Waals surface area contributed by atoms with E-state index in [2.05, 4.69) is 14.9 Å². The largest absolute Gasteiger partial charge is 0.354 e. The summed E-state index contributed by atoms with van der Waals surface area (Å²) in [7, 11) is 0. The molecule has 1 aromatic carbocycles. The SMILES string of the molecule is O=C(CCC(=O)c1ccc(Cl)cc1)NCCn1ccnc1C1CC1. The number of hydrogen-bond acceptors (Lipinski definition) is 3. The highest BCUT2D eigenvalue weighted by atomic mass is 35.5. The Bertz CT molecular complexity index is 720. The monoisotopic (exact) mass is 345 g/mol. The number of rotatable bonds is 8. The van der Waals surface area contributed by atoms with E-state index < -0.39 is 0 Å². The molecule has 3 rings (SSSR count). The molecule has 1 heterocycles. The predicted molar refractivity (Wildman–Crippen MR) is 92.2 cm³/mol. The number of ketones is 1. The van der Waals surface area contributed by atoms with Crippen molar-refractivity contribution >= 4 is 23.3 Å². The van der Waals surface area contributed by atoms with Crippen molar-refractivity contribution < 1.29 is 9.59 Å². The Labute approximate surface area is 146 Å². The molecule has 0 bridgehead atoms. The Morgan fingerprint density at radius 2 is 1.96 bits per heavy atom. The molecule has 1 aliphatic rings. The van der Waals surface area contributed by atoms with E-state index in [-0.39, 0.29) is 24.5 Å². The van der Waals surface area contributed by atoms with Crippen molar-refractivity contribution in [1.29, 1.82) is 0 Å². The Kier molecular flexibility index (Phi) is 5.30. The second kappa shape index (κ2) is 7.62. The van der Waals surface area contributed by atoms with Gasteiger partial charge in [-0.25, -0.2) is 4.98 Å². The van der Waals surface area contributed by atoms with E-state index in [1.165, 1.54) is 12.8 Å². The third-order valence-electron chi connectivity index (χ3n) is 4.11. The first kappa shape index (κ1) is 16.7. The smallest absolute Gasteiger partial charge is 0.220 e. The van der Waals surface area contributed by atoms with Gasteiger partial charge in [-0.15, -0.1) is 0 Å². The van der Waals surface area contributed by atoms with E-state index in [1.807, 2.05) is 6.20 Å². The number of halogens is 1. The van der Waals surface area contributed by atoms with Crippen LogP contribution >= 0.6 is 11.6 Å². The van der Waals surface area contributed by atoms with Crippen LogP contribution in [0.5, 0.6) is 0 Å². The van der Waals surface area contributed by atoms with Crippen LogP contribution in [0.2, 0.25) is 5.02 Å². The van der Waals surface area contributed by atoms with E-state index in [4.69, 9.17) is 11.6 Å². The minimum absolute atomic E-state index is 0.0487. The Morgan fingerprint density at radius 1 is 1.21 bits per heavy atom. The van der Waals surface area contributed by atoms with Gasteiger partial charge in [0.25, 0.3) is 0 Å². The first-order chi connectivity index (χ1) is 11.6. The molecule has 0 aliphatic heterocycles. The standard InChI is InChI=1S/C18H20ClN3O2/c19-15-5-3-13(4-6-15)16(23)7-8-17(24)20-9-11-22-12-10-21-18(22)14-1-2-14/h3-6,10,12,14H,1-2,7-9,11H2,(H,20,24). The van der Waals surface area contributed by atoms with Crippen molar-refractivity contribution in [3.8, 4) is 0 Å². The Hall–Kier alpha value is -2.14. The first-order valence-electron chi connectivity index (χ1n) is 8.20. The molecule has 1 amide bonds. The van der Waals surface area contributed by atoms with Crippen LogP contribution in [0.15, 0.2) is 36.7 Å². The molecule has 24 heavy (non-hydrogen) atoms. The van der Waals surface area contributed by atoms with Crippen LogP contribution < -0.4 is 5.32 Å². The van der Waals surface area contributed by atoms with E-state index in [0.717, 1.165) is 5.82 Å². The average Bonchev–Trinajstić information content (AvgIpc) is 3.32. The third-order valence-corrected chi connectivity index (χ3v) is 4.36. The maximum atomic E-state index is 12.0. The minimum atomic E-state index is -0.106. The van der Waals surface area contributed by atoms with Crippen LogP contribution in [0.25, 0.3) is 0 Å². The van der Waals surface area contributed by atoms with Crippen molar-refractivity contribution in [2.45, 2.75) is 38.1 Å². The molecule has 0 spiro atoms. The zero-order valence-electron chi connectivity index (χ0n) is 13.4. The Balaban J connectivity index is 1.38. The van der Waals surface area contributed by atoms with Gasteiger partial charge in [0, 0.05) is 54.8 Å². The molecule has 126 valence electrons. The molecular weight excluding hydrogens is 326 g/mol. The van der Waals surface area contributed by atoms with E-state index in [9.17, 15) is 9.59 Å². The topological polar surface area (TPSA) is 64.0 Å². The lowest BCUT2D eigenvalue weighted by Gasteiger charge is -2.08. The second-order valence-electron chi connectivity index (χ2n) is 6.03. The number of amides is 1. The van der Waals surface area contributed by atoms with Crippen molar-refractivity contribution in [2.24, 2.45) is 0 Å². The van der Waals surface area contributed by atoms with Gasteiger partial charge in [0.2, 0.25) is 5.91 Å². The van der Waals surface area contributed by atoms with Gasteiger partial charge in [0.05, 0.1) is 0 Å². The summed E-state index contributed by atoms with van der Waals surface area (Å²) in [5, 5.41) is 3.45. The minimum Gasteiger partial charge on any atom is -0.354 e. The summed E-state index contributed by atoms with van der Waals surface area (Å²) >= 11 is 5.80. The predicted octanol–water partition coefficient (Wildman–Crippen LogP) is 3.19. The average molecular weight is 346 g/mol. The Morgan fingerprint density at radius 3 is 2.67 bits per heavy atom. The lowest BCUT2D eigenvalue weighted by atomic mass is 10.1. The van der Waals surface area contributed by atoms with Crippen molar-refractivity contribution in [3.63, 3.8) is 0 Å². The summed E-state index contributed by atoms with van der Waals surface area (Å²) in [6.45, 7) is 1.26. The summed E-state index contributed by atoms with van der Waals surface area (Å²) in [5.74, 6) is 1.55. The number of aromatic nitrogens is 2. The molecule has 6 heteroatoms. The molecule has 5 nitrogen and oxygen atoms in total. The van der Waals surface area contributed by atoms with Crippen LogP contribution in [0, 0.1) is 0 Å². The fraction of sp³-hybridized carbons (Fsp3) is 0.389. The molecule has 0 atom stereocenters. The highest BCUT2D eigenvalue weighted by Crippen LogP contribution is 2.38. The number of imidazole rings is 1. The molecule has 0 radical (unpaired) electrons. The van der Waals surface area contributed by atoms with Gasteiger partial charge in [-0.05, 0) is 37.1 Å². The van der Waals surface area contributed by atoms with Gasteiger partial charge in [0.1, 0.15) is 5.82 Å². The summed E-state index contributed by atoms with van der Waals surface area (Å²) < 4.78 is 2.09. The van der Waals surface area contributed by atoms with Crippen LogP contribution in [0.3, 0.4) is 0 Å². The summed E-state index contributed by atoms with van der Waals surface area (Å²) in [5.41, 5.74) is 0.583. The molecule has 0 unspecified atom stereocenters. The number of carbonyl (C=O) groups is 2. The molecule has 2 aromatic rings. The molecular formula is C18H20ClN3O2. The summed E-state index contributed by atoms with van der Waals surface area (Å²) in [4.78, 5) is 28.3. The van der Waals surface area contributed by atoms with E-state index >= 15 is 0 Å². The zero-order chi connectivity index (χ0) is 16.9. The zero-order valence-corrected chi connectivity index (χ0v) is 14.1. The molecule has 1 saturated carbocycles. The van der Waals surface area contributed by atoms with Crippen LogP contribution in [-0.4, -0.2) is 27.8 Å². The van der Waals surface area contributed by atoms with Gasteiger partial charge in [0.15, 0.2) is 5.78 Å². The fourth-order valence-corrected chi connectivity index (χ4v) is 2.75. The van der Waals surface area contributed by atoms with Crippen LogP contribution in [0.4, 0.5) is 0 Å². The number of nitrogens with zero attached hydrogens (tertiary/aromatic N) is 2. The van der Waals surface area contributed by atoms with Gasteiger partial charge in [-0.1, -0.05) is 11.6 Å². The number of nitrogens with one attached hydrogen (secondary N) is 1. The summed E-state index contributed by atoms with van der Waals surface area (Å²) in [6, 6.07) is 6.72. The fourth-order valence-electron chi connectivity index (χ4n) is 2.62. The van der Waals surface area contributed by atoms with Gasteiger partial charge < -0.3 is 9.88 Å². The van der Waals surface area contributed by atoms with Crippen molar-refractivity contribution in [3.05, 3.63) is 53.1 Å². The highest BCUT2D eigenvalue weighted by molar-refractivity contribution is 6.30. The van der Waals surface area contributed by atoms with Crippen LogP contribution in [-0.2, 0) is 11.3 Å². The molecule has 1 aliphatic carbocycles. The number of carbonyl (C=O) groups excluding carboxylic acids is 2. The number of hydrogen-bond donors (Lipinski definition) is 1. The normalized spacial score (nSPS) is 13.7. The van der Waals surface area contributed by atoms with E-state index in [0.29, 0.717) is 29.6 Å². The van der Waals surface area contributed by atoms with Crippen molar-refractivity contribution in [1.82, 2.24) is 14.9 Å². The van der Waals surface area contributed by atoms with Gasteiger partial charge >= 0.3 is 0 Å². The highest BCUT2D eigenvalue weighted by Gasteiger charge is 2.27. The van der Waals surface area contributed by atoms with Gasteiger partial charge in [-0.3, -0.25) is 9.59 Å². The lowest BCUT2D eigenvalue weighted by molar-refractivity contribution is -0.121. The molecule has 1 fully saturated rings. The maximum Gasteiger partial charge on any atom is 0.220 e. The van der Waals surface area contributed by atoms with Crippen LogP contribution in [0.1, 0.15) is 47.8 Å². The third kappa shape index (κ3) is 4.45. The molecule has 1 N–H and O–H groups in total. The summed E-state index contributed by atoms with van der Waals surface area (Å²) in [6.07, 6.45) is 6.56. The lowest BCUT2D eigenvalue weighted by Crippen LogP contribution is -2.27. The molecule has 1 aromatic heterocycles. The van der Waals surface area contributed by atoms with Gasteiger partial charge in [-0.2, -0.15) is 0 Å². The number of Topliss-reactive ketones (excluding diaryl/α,β-unsaturated/α-hetero) is 1.